The number of hydrogen-bond acceptors (Lipinski definition) is 5. The van der Waals surface area contributed by atoms with Crippen LogP contribution in [0, 0.1) is 6.92 Å². The number of amides is 1. The van der Waals surface area contributed by atoms with Gasteiger partial charge in [-0.25, -0.2) is 4.98 Å². The van der Waals surface area contributed by atoms with Crippen molar-refractivity contribution in [3.63, 3.8) is 0 Å². The molecular formula is C15H18N4O2. The fraction of sp³-hybridized carbons (Fsp3) is 0.333. The summed E-state index contributed by atoms with van der Waals surface area (Å²) in [6.45, 7) is 4.76. The number of aromatic nitrogens is 1. The summed E-state index contributed by atoms with van der Waals surface area (Å²) in [6, 6.07) is 5.48. The van der Waals surface area contributed by atoms with Gasteiger partial charge in [-0.3, -0.25) is 4.79 Å². The zero-order valence-corrected chi connectivity index (χ0v) is 12.0. The number of hydrogen-bond donors (Lipinski definition) is 1. The molecule has 3 heterocycles. The first-order chi connectivity index (χ1) is 10.1. The second-order valence-electron chi connectivity index (χ2n) is 5.11. The molecule has 6 nitrogen and oxygen atoms in total. The average Bonchev–Trinajstić information content (AvgIpc) is 2.94. The van der Waals surface area contributed by atoms with Gasteiger partial charge < -0.3 is 20.0 Å². The first kappa shape index (κ1) is 13.5. The topological polar surface area (TPSA) is 75.6 Å². The predicted molar refractivity (Wildman–Crippen MR) is 80.2 cm³/mol. The molecule has 0 aliphatic carbocycles. The number of nitrogens with two attached hydrogens (primary N) is 1. The number of piperazine rings is 1. The molecule has 1 saturated heterocycles. The molecule has 3 rings (SSSR count). The Bertz CT molecular complexity index is 627. The molecule has 0 spiro atoms. The summed E-state index contributed by atoms with van der Waals surface area (Å²) in [4.78, 5) is 20.6. The highest BCUT2D eigenvalue weighted by Gasteiger charge is 2.24. The van der Waals surface area contributed by atoms with Gasteiger partial charge in [-0.1, -0.05) is 0 Å². The Balaban J connectivity index is 1.64. The Morgan fingerprint density at radius 1 is 1.24 bits per heavy atom. The lowest BCUT2D eigenvalue weighted by atomic mass is 10.2. The number of furan rings is 1. The molecule has 0 unspecified atom stereocenters. The Labute approximate surface area is 123 Å². The zero-order valence-electron chi connectivity index (χ0n) is 12.0. The molecule has 0 saturated carbocycles. The van der Waals surface area contributed by atoms with E-state index >= 15 is 0 Å². The van der Waals surface area contributed by atoms with Gasteiger partial charge in [-0.05, 0) is 25.1 Å². The normalized spacial score (nSPS) is 15.3. The van der Waals surface area contributed by atoms with Crippen molar-refractivity contribution in [3.05, 3.63) is 42.0 Å². The molecule has 2 aromatic rings. The van der Waals surface area contributed by atoms with Gasteiger partial charge in [0.05, 0.1) is 23.7 Å². The molecule has 21 heavy (non-hydrogen) atoms. The summed E-state index contributed by atoms with van der Waals surface area (Å²) in [5, 5.41) is 0. The summed E-state index contributed by atoms with van der Waals surface area (Å²) in [5.74, 6) is 1.23. The van der Waals surface area contributed by atoms with Gasteiger partial charge in [0.25, 0.3) is 5.91 Å². The van der Waals surface area contributed by atoms with E-state index in [9.17, 15) is 4.79 Å². The van der Waals surface area contributed by atoms with Crippen LogP contribution >= 0.6 is 0 Å². The largest absolute Gasteiger partial charge is 0.469 e. The number of pyridine rings is 1. The standard InChI is InChI=1S/C15H18N4O2/c1-11-13(4-9-21-11)15(20)19-7-5-18(6-8-19)12-2-3-14(16)17-10-12/h2-4,9-10H,5-8H2,1H3,(H2,16,17). The molecule has 6 heteroatoms. The van der Waals surface area contributed by atoms with Gasteiger partial charge >= 0.3 is 0 Å². The molecule has 1 fully saturated rings. The van der Waals surface area contributed by atoms with E-state index in [1.165, 1.54) is 0 Å². The number of carbonyl (C=O) groups excluding carboxylic acids is 1. The van der Waals surface area contributed by atoms with Crippen molar-refractivity contribution >= 4 is 17.4 Å². The molecular weight excluding hydrogens is 268 g/mol. The molecule has 0 aromatic carbocycles. The second-order valence-corrected chi connectivity index (χ2v) is 5.11. The summed E-state index contributed by atoms with van der Waals surface area (Å²) in [5.41, 5.74) is 7.28. The van der Waals surface area contributed by atoms with Crippen molar-refractivity contribution < 1.29 is 9.21 Å². The lowest BCUT2D eigenvalue weighted by Gasteiger charge is -2.35. The summed E-state index contributed by atoms with van der Waals surface area (Å²) in [6.07, 6.45) is 3.33. The third-order valence-corrected chi connectivity index (χ3v) is 3.79. The molecule has 110 valence electrons. The summed E-state index contributed by atoms with van der Waals surface area (Å²) >= 11 is 0. The van der Waals surface area contributed by atoms with Crippen molar-refractivity contribution in [2.24, 2.45) is 0 Å². The maximum Gasteiger partial charge on any atom is 0.257 e. The molecule has 0 atom stereocenters. The van der Waals surface area contributed by atoms with Crippen LogP contribution in [0.15, 0.2) is 35.1 Å². The minimum Gasteiger partial charge on any atom is -0.469 e. The molecule has 1 aliphatic heterocycles. The monoisotopic (exact) mass is 286 g/mol. The molecule has 2 N–H and O–H groups in total. The highest BCUT2D eigenvalue weighted by molar-refractivity contribution is 5.95. The second kappa shape index (κ2) is 5.47. The highest BCUT2D eigenvalue weighted by atomic mass is 16.3. The lowest BCUT2D eigenvalue weighted by Crippen LogP contribution is -2.48. The lowest BCUT2D eigenvalue weighted by molar-refractivity contribution is 0.0745. The average molecular weight is 286 g/mol. The zero-order chi connectivity index (χ0) is 14.8. The number of aryl methyl sites for hydroxylation is 1. The van der Waals surface area contributed by atoms with Crippen molar-refractivity contribution in [2.45, 2.75) is 6.92 Å². The molecule has 0 bridgehead atoms. The van der Waals surface area contributed by atoms with E-state index in [0.29, 0.717) is 30.2 Å². The van der Waals surface area contributed by atoms with Gasteiger partial charge in [-0.2, -0.15) is 0 Å². The van der Waals surface area contributed by atoms with Gasteiger partial charge in [0.15, 0.2) is 0 Å². The molecule has 0 radical (unpaired) electrons. The van der Waals surface area contributed by atoms with E-state index < -0.39 is 0 Å². The number of rotatable bonds is 2. The Kier molecular flexibility index (Phi) is 3.51. The van der Waals surface area contributed by atoms with Crippen LogP contribution in [0.4, 0.5) is 11.5 Å². The van der Waals surface area contributed by atoms with Crippen LogP contribution in [0.2, 0.25) is 0 Å². The number of nitrogen functional groups attached to an aromatic ring is 1. The van der Waals surface area contributed by atoms with Crippen molar-refractivity contribution in [1.29, 1.82) is 0 Å². The Hall–Kier alpha value is -2.50. The minimum absolute atomic E-state index is 0.0383. The van der Waals surface area contributed by atoms with Crippen LogP contribution < -0.4 is 10.6 Å². The van der Waals surface area contributed by atoms with Gasteiger partial charge in [-0.15, -0.1) is 0 Å². The fourth-order valence-corrected chi connectivity index (χ4v) is 2.53. The first-order valence-corrected chi connectivity index (χ1v) is 6.95. The molecule has 1 amide bonds. The SMILES string of the molecule is Cc1occc1C(=O)N1CCN(c2ccc(N)nc2)CC1. The Morgan fingerprint density at radius 2 is 2.00 bits per heavy atom. The van der Waals surface area contributed by atoms with Gasteiger partial charge in [0, 0.05) is 26.2 Å². The van der Waals surface area contributed by atoms with Gasteiger partial charge in [0.1, 0.15) is 11.6 Å². The smallest absolute Gasteiger partial charge is 0.257 e. The maximum absolute atomic E-state index is 12.4. The third kappa shape index (κ3) is 2.69. The van der Waals surface area contributed by atoms with Crippen LogP contribution in [-0.2, 0) is 0 Å². The van der Waals surface area contributed by atoms with Crippen molar-refractivity contribution in [1.82, 2.24) is 9.88 Å². The number of nitrogens with zero attached hydrogens (tertiary/aromatic N) is 3. The predicted octanol–water partition coefficient (Wildman–Crippen LogP) is 1.53. The fourth-order valence-electron chi connectivity index (χ4n) is 2.53. The maximum atomic E-state index is 12.4. The van der Waals surface area contributed by atoms with E-state index in [-0.39, 0.29) is 5.91 Å². The highest BCUT2D eigenvalue weighted by Crippen LogP contribution is 2.18. The molecule has 1 aliphatic rings. The van der Waals surface area contributed by atoms with Crippen molar-refractivity contribution in [3.8, 4) is 0 Å². The van der Waals surface area contributed by atoms with Crippen LogP contribution in [0.1, 0.15) is 16.1 Å². The number of carbonyl (C=O) groups is 1. The van der Waals surface area contributed by atoms with E-state index in [0.717, 1.165) is 18.8 Å². The van der Waals surface area contributed by atoms with Crippen LogP contribution in [0.3, 0.4) is 0 Å². The molecule has 2 aromatic heterocycles. The van der Waals surface area contributed by atoms with Gasteiger partial charge in [0.2, 0.25) is 0 Å². The quantitative estimate of drug-likeness (QED) is 0.906. The van der Waals surface area contributed by atoms with Crippen LogP contribution in [-0.4, -0.2) is 42.0 Å². The summed E-state index contributed by atoms with van der Waals surface area (Å²) < 4.78 is 5.20. The Morgan fingerprint density at radius 3 is 2.57 bits per heavy atom. The van der Waals surface area contributed by atoms with Crippen LogP contribution in [0.5, 0.6) is 0 Å². The third-order valence-electron chi connectivity index (χ3n) is 3.79. The minimum atomic E-state index is 0.0383. The van der Waals surface area contributed by atoms with E-state index in [1.807, 2.05) is 17.9 Å². The van der Waals surface area contributed by atoms with Crippen LogP contribution in [0.25, 0.3) is 0 Å². The van der Waals surface area contributed by atoms with Crippen molar-refractivity contribution in [2.75, 3.05) is 36.8 Å². The van der Waals surface area contributed by atoms with E-state index in [2.05, 4.69) is 9.88 Å². The van der Waals surface area contributed by atoms with E-state index in [4.69, 9.17) is 10.2 Å². The number of anilines is 2. The van der Waals surface area contributed by atoms with E-state index in [1.54, 1.807) is 24.6 Å². The summed E-state index contributed by atoms with van der Waals surface area (Å²) in [7, 11) is 0. The first-order valence-electron chi connectivity index (χ1n) is 6.95.